The van der Waals surface area contributed by atoms with Gasteiger partial charge in [0.15, 0.2) is 5.11 Å². The lowest BCUT2D eigenvalue weighted by Gasteiger charge is -2.13. The van der Waals surface area contributed by atoms with Gasteiger partial charge in [0.25, 0.3) is 0 Å². The maximum absolute atomic E-state index is 13.3. The van der Waals surface area contributed by atoms with Gasteiger partial charge in [-0.2, -0.15) is 0 Å². The van der Waals surface area contributed by atoms with Crippen LogP contribution in [-0.2, 0) is 4.79 Å². The zero-order valence-corrected chi connectivity index (χ0v) is 11.4. The summed E-state index contributed by atoms with van der Waals surface area (Å²) in [6.45, 7) is 1.79. The molecule has 0 aromatic heterocycles. The molecular weight excluding hydrogens is 253 g/mol. The van der Waals surface area contributed by atoms with E-state index in [-0.39, 0.29) is 23.4 Å². The number of halogens is 1. The molecular formula is C12H16FN3OS. The van der Waals surface area contributed by atoms with Crippen LogP contribution in [0.15, 0.2) is 18.2 Å². The van der Waals surface area contributed by atoms with Crippen LogP contribution in [-0.4, -0.2) is 36.6 Å². The molecule has 4 nitrogen and oxygen atoms in total. The smallest absolute Gasteiger partial charge is 0.241 e. The van der Waals surface area contributed by atoms with Crippen molar-refractivity contribution < 1.29 is 9.18 Å². The normalized spacial score (nSPS) is 9.78. The Morgan fingerprint density at radius 2 is 2.11 bits per heavy atom. The molecule has 0 saturated heterocycles. The fourth-order valence-corrected chi connectivity index (χ4v) is 1.35. The van der Waals surface area contributed by atoms with E-state index in [4.69, 9.17) is 12.2 Å². The average Bonchev–Trinajstić information content (AvgIpc) is 2.30. The highest BCUT2D eigenvalue weighted by molar-refractivity contribution is 7.80. The van der Waals surface area contributed by atoms with Gasteiger partial charge in [-0.1, -0.05) is 6.07 Å². The van der Waals surface area contributed by atoms with E-state index < -0.39 is 0 Å². The van der Waals surface area contributed by atoms with Crippen LogP contribution in [0.3, 0.4) is 0 Å². The fraction of sp³-hybridized carbons (Fsp3) is 0.333. The molecule has 0 spiro atoms. The number of amides is 1. The molecule has 0 fully saturated rings. The molecule has 0 aliphatic carbocycles. The second kappa shape index (κ2) is 6.30. The molecule has 1 aromatic carbocycles. The first kappa shape index (κ1) is 14.4. The Morgan fingerprint density at radius 1 is 1.44 bits per heavy atom. The predicted octanol–water partition coefficient (Wildman–Crippen LogP) is 1.51. The third-order valence-electron chi connectivity index (χ3n) is 2.33. The summed E-state index contributed by atoms with van der Waals surface area (Å²) in [5, 5.41) is 5.85. The third kappa shape index (κ3) is 4.29. The number of rotatable bonds is 3. The van der Waals surface area contributed by atoms with Crippen LogP contribution in [0.25, 0.3) is 0 Å². The highest BCUT2D eigenvalue weighted by Crippen LogP contribution is 2.13. The Balaban J connectivity index is 2.49. The van der Waals surface area contributed by atoms with E-state index in [9.17, 15) is 9.18 Å². The van der Waals surface area contributed by atoms with E-state index in [1.165, 1.54) is 11.0 Å². The predicted molar refractivity (Wildman–Crippen MR) is 74.1 cm³/mol. The number of aryl methyl sites for hydroxylation is 1. The Hall–Kier alpha value is -1.69. The number of hydrogen-bond donors (Lipinski definition) is 2. The molecule has 0 unspecified atom stereocenters. The topological polar surface area (TPSA) is 44.4 Å². The van der Waals surface area contributed by atoms with Crippen molar-refractivity contribution in [3.63, 3.8) is 0 Å². The Morgan fingerprint density at radius 3 is 2.67 bits per heavy atom. The minimum Gasteiger partial charge on any atom is -0.353 e. The van der Waals surface area contributed by atoms with Crippen molar-refractivity contribution in [2.24, 2.45) is 0 Å². The molecule has 6 heteroatoms. The number of hydrogen-bond acceptors (Lipinski definition) is 2. The van der Waals surface area contributed by atoms with E-state index in [0.29, 0.717) is 11.3 Å². The Labute approximate surface area is 111 Å². The van der Waals surface area contributed by atoms with Crippen molar-refractivity contribution in [3.8, 4) is 0 Å². The van der Waals surface area contributed by atoms with Gasteiger partial charge in [0, 0.05) is 19.8 Å². The standard InChI is InChI=1S/C12H16FN3OS/c1-8-4-5-9(6-10(8)13)15-12(18)14-7-11(17)16(2)3/h4-6H,7H2,1-3H3,(H2,14,15,18). The van der Waals surface area contributed by atoms with E-state index in [1.54, 1.807) is 33.2 Å². The monoisotopic (exact) mass is 269 g/mol. The maximum Gasteiger partial charge on any atom is 0.241 e. The van der Waals surface area contributed by atoms with Crippen LogP contribution in [0.4, 0.5) is 10.1 Å². The molecule has 1 aromatic rings. The molecule has 0 aliphatic heterocycles. The van der Waals surface area contributed by atoms with Crippen molar-refractivity contribution in [1.82, 2.24) is 10.2 Å². The first-order valence-electron chi connectivity index (χ1n) is 5.41. The molecule has 0 bridgehead atoms. The number of likely N-dealkylation sites (N-methyl/N-ethyl adjacent to an activating group) is 1. The van der Waals surface area contributed by atoms with Crippen molar-refractivity contribution in [1.29, 1.82) is 0 Å². The first-order valence-corrected chi connectivity index (χ1v) is 5.82. The van der Waals surface area contributed by atoms with Crippen LogP contribution in [0.2, 0.25) is 0 Å². The van der Waals surface area contributed by atoms with E-state index in [2.05, 4.69) is 10.6 Å². The van der Waals surface area contributed by atoms with Gasteiger partial charge in [-0.3, -0.25) is 4.79 Å². The molecule has 0 aliphatic rings. The zero-order chi connectivity index (χ0) is 13.7. The second-order valence-electron chi connectivity index (χ2n) is 4.06. The van der Waals surface area contributed by atoms with Crippen molar-refractivity contribution >= 4 is 28.9 Å². The lowest BCUT2D eigenvalue weighted by atomic mass is 10.2. The summed E-state index contributed by atoms with van der Waals surface area (Å²) in [5.74, 6) is -0.388. The lowest BCUT2D eigenvalue weighted by Crippen LogP contribution is -2.38. The summed E-state index contributed by atoms with van der Waals surface area (Å²) >= 11 is 5.00. The number of carbonyl (C=O) groups excluding carboxylic acids is 1. The van der Waals surface area contributed by atoms with E-state index >= 15 is 0 Å². The largest absolute Gasteiger partial charge is 0.353 e. The molecule has 1 amide bonds. The van der Waals surface area contributed by atoms with Crippen LogP contribution in [0.5, 0.6) is 0 Å². The zero-order valence-electron chi connectivity index (χ0n) is 10.6. The molecule has 0 heterocycles. The molecule has 0 radical (unpaired) electrons. The number of anilines is 1. The number of nitrogens with zero attached hydrogens (tertiary/aromatic N) is 1. The summed E-state index contributed by atoms with van der Waals surface area (Å²) in [6.07, 6.45) is 0. The van der Waals surface area contributed by atoms with Gasteiger partial charge in [0.05, 0.1) is 6.54 Å². The maximum atomic E-state index is 13.3. The highest BCUT2D eigenvalue weighted by atomic mass is 32.1. The molecule has 2 N–H and O–H groups in total. The van der Waals surface area contributed by atoms with Gasteiger partial charge in [-0.25, -0.2) is 4.39 Å². The van der Waals surface area contributed by atoms with Gasteiger partial charge >= 0.3 is 0 Å². The Kier molecular flexibility index (Phi) is 5.03. The van der Waals surface area contributed by atoms with Gasteiger partial charge in [0.1, 0.15) is 5.82 Å². The highest BCUT2D eigenvalue weighted by Gasteiger charge is 2.05. The Bertz CT molecular complexity index is 463. The lowest BCUT2D eigenvalue weighted by molar-refractivity contribution is -0.127. The van der Waals surface area contributed by atoms with Crippen LogP contribution < -0.4 is 10.6 Å². The molecule has 1 rings (SSSR count). The first-order chi connectivity index (χ1) is 8.40. The summed E-state index contributed by atoms with van der Waals surface area (Å²) < 4.78 is 13.3. The SMILES string of the molecule is Cc1ccc(NC(=S)NCC(=O)N(C)C)cc1F. The summed E-state index contributed by atoms with van der Waals surface area (Å²) in [4.78, 5) is 12.8. The number of benzene rings is 1. The number of carbonyl (C=O) groups is 1. The van der Waals surface area contributed by atoms with E-state index in [0.717, 1.165) is 0 Å². The van der Waals surface area contributed by atoms with E-state index in [1.807, 2.05) is 0 Å². The summed E-state index contributed by atoms with van der Waals surface area (Å²) in [6, 6.07) is 4.74. The van der Waals surface area contributed by atoms with Crippen molar-refractivity contribution in [2.45, 2.75) is 6.92 Å². The fourth-order valence-electron chi connectivity index (χ4n) is 1.16. The van der Waals surface area contributed by atoms with Crippen molar-refractivity contribution in [3.05, 3.63) is 29.6 Å². The van der Waals surface area contributed by atoms with Gasteiger partial charge in [-0.05, 0) is 36.8 Å². The quantitative estimate of drug-likeness (QED) is 0.816. The average molecular weight is 269 g/mol. The van der Waals surface area contributed by atoms with Gasteiger partial charge in [0.2, 0.25) is 5.91 Å². The van der Waals surface area contributed by atoms with Crippen LogP contribution in [0, 0.1) is 12.7 Å². The summed E-state index contributed by atoms with van der Waals surface area (Å²) in [5.41, 5.74) is 1.12. The molecule has 0 atom stereocenters. The van der Waals surface area contributed by atoms with Crippen LogP contribution >= 0.6 is 12.2 Å². The van der Waals surface area contributed by atoms with Crippen LogP contribution in [0.1, 0.15) is 5.56 Å². The number of thiocarbonyl (C=S) groups is 1. The molecule has 98 valence electrons. The summed E-state index contributed by atoms with van der Waals surface area (Å²) in [7, 11) is 3.33. The number of nitrogens with one attached hydrogen (secondary N) is 2. The minimum absolute atomic E-state index is 0.0887. The van der Waals surface area contributed by atoms with Gasteiger partial charge in [-0.15, -0.1) is 0 Å². The minimum atomic E-state index is -0.299. The molecule has 18 heavy (non-hydrogen) atoms. The van der Waals surface area contributed by atoms with Gasteiger partial charge < -0.3 is 15.5 Å². The third-order valence-corrected chi connectivity index (χ3v) is 2.58. The van der Waals surface area contributed by atoms with Crippen molar-refractivity contribution in [2.75, 3.05) is 26.0 Å². The second-order valence-corrected chi connectivity index (χ2v) is 4.47. The molecule has 0 saturated carbocycles.